The number of β-amino-alcohol motifs (C(OH)–C–C–N with tert-alkyl or cyclic N) is 1. The molecule has 2 atom stereocenters. The molecule has 0 spiro atoms. The SMILES string of the molecule is CN1CC(Cc2ccc3c(c2)C(=O)N(C[C@H](O)CN2CCc4ccccc4C2)CCO3)CC1=O. The summed E-state index contributed by atoms with van der Waals surface area (Å²) < 4.78 is 5.86. The summed E-state index contributed by atoms with van der Waals surface area (Å²) in [6.45, 7) is 4.17. The van der Waals surface area contributed by atoms with Crippen molar-refractivity contribution in [2.24, 2.45) is 5.92 Å². The zero-order chi connectivity index (χ0) is 23.7. The molecule has 2 aromatic rings. The van der Waals surface area contributed by atoms with Gasteiger partial charge < -0.3 is 19.6 Å². The van der Waals surface area contributed by atoms with E-state index in [0.29, 0.717) is 37.4 Å². The lowest BCUT2D eigenvalue weighted by Gasteiger charge is -2.32. The Morgan fingerprint density at radius 2 is 1.91 bits per heavy atom. The summed E-state index contributed by atoms with van der Waals surface area (Å²) in [5, 5.41) is 10.8. The Kier molecular flexibility index (Phi) is 6.57. The fourth-order valence-electron chi connectivity index (χ4n) is 5.46. The van der Waals surface area contributed by atoms with Gasteiger partial charge in [0.05, 0.1) is 18.2 Å². The highest BCUT2D eigenvalue weighted by Gasteiger charge is 2.29. The van der Waals surface area contributed by atoms with Gasteiger partial charge >= 0.3 is 0 Å². The summed E-state index contributed by atoms with van der Waals surface area (Å²) in [6.07, 6.45) is 1.67. The van der Waals surface area contributed by atoms with Crippen LogP contribution in [0.15, 0.2) is 42.5 Å². The minimum Gasteiger partial charge on any atom is -0.491 e. The van der Waals surface area contributed by atoms with E-state index in [2.05, 4.69) is 29.2 Å². The van der Waals surface area contributed by atoms with Gasteiger partial charge in [0.2, 0.25) is 5.91 Å². The molecular weight excluding hydrogens is 430 g/mol. The van der Waals surface area contributed by atoms with E-state index in [0.717, 1.165) is 38.0 Å². The van der Waals surface area contributed by atoms with E-state index in [4.69, 9.17) is 4.74 Å². The number of fused-ring (bicyclic) bond motifs is 2. The fraction of sp³-hybridized carbons (Fsp3) is 0.481. The van der Waals surface area contributed by atoms with Crippen LogP contribution in [0.1, 0.15) is 33.5 Å². The quantitative estimate of drug-likeness (QED) is 0.709. The summed E-state index contributed by atoms with van der Waals surface area (Å²) in [4.78, 5) is 31.0. The van der Waals surface area contributed by atoms with Crippen molar-refractivity contribution in [1.29, 1.82) is 0 Å². The van der Waals surface area contributed by atoms with Crippen LogP contribution in [-0.2, 0) is 24.2 Å². The highest BCUT2D eigenvalue weighted by atomic mass is 16.5. The number of likely N-dealkylation sites (tertiary alicyclic amines) is 1. The van der Waals surface area contributed by atoms with Gasteiger partial charge in [-0.3, -0.25) is 14.5 Å². The molecule has 3 aliphatic rings. The Morgan fingerprint density at radius 3 is 2.71 bits per heavy atom. The second kappa shape index (κ2) is 9.76. The third-order valence-electron chi connectivity index (χ3n) is 7.24. The van der Waals surface area contributed by atoms with E-state index in [1.54, 1.807) is 9.80 Å². The largest absolute Gasteiger partial charge is 0.491 e. The topological polar surface area (TPSA) is 73.3 Å². The monoisotopic (exact) mass is 463 g/mol. The Hall–Kier alpha value is -2.90. The van der Waals surface area contributed by atoms with Crippen LogP contribution in [0.25, 0.3) is 0 Å². The van der Waals surface area contributed by atoms with Crippen LogP contribution < -0.4 is 4.74 Å². The molecule has 1 saturated heterocycles. The number of nitrogens with zero attached hydrogens (tertiary/aromatic N) is 3. The number of aliphatic hydroxyl groups is 1. The Labute approximate surface area is 200 Å². The molecule has 1 N–H and O–H groups in total. The molecule has 1 unspecified atom stereocenters. The number of carbonyl (C=O) groups excluding carboxylic acids is 2. The molecule has 3 aliphatic heterocycles. The highest BCUT2D eigenvalue weighted by Crippen LogP contribution is 2.28. The first-order valence-electron chi connectivity index (χ1n) is 12.2. The molecule has 1 fully saturated rings. The lowest BCUT2D eigenvalue weighted by molar-refractivity contribution is -0.126. The number of rotatable bonds is 6. The first kappa shape index (κ1) is 22.9. The van der Waals surface area contributed by atoms with Gasteiger partial charge in [0.1, 0.15) is 12.4 Å². The number of benzene rings is 2. The van der Waals surface area contributed by atoms with E-state index in [9.17, 15) is 14.7 Å². The molecule has 5 rings (SSSR count). The minimum atomic E-state index is -0.626. The molecule has 0 bridgehead atoms. The summed E-state index contributed by atoms with van der Waals surface area (Å²) in [6, 6.07) is 14.2. The van der Waals surface area contributed by atoms with Gasteiger partial charge in [-0.05, 0) is 47.6 Å². The van der Waals surface area contributed by atoms with Gasteiger partial charge in [0, 0.05) is 46.2 Å². The van der Waals surface area contributed by atoms with Crippen LogP contribution in [0.3, 0.4) is 0 Å². The standard InChI is InChI=1S/C27H33N3O4/c1-28-15-20(14-26(28)32)12-19-6-7-25-24(13-19)27(33)30(10-11-34-25)18-23(31)17-29-9-8-21-4-2-3-5-22(21)16-29/h2-7,13,20,23,31H,8-12,14-18H2,1H3/t20?,23-/m1/s1. The van der Waals surface area contributed by atoms with Gasteiger partial charge in [0.15, 0.2) is 0 Å². The van der Waals surface area contributed by atoms with E-state index in [1.807, 2.05) is 25.2 Å². The van der Waals surface area contributed by atoms with Gasteiger partial charge in [-0.1, -0.05) is 30.3 Å². The van der Waals surface area contributed by atoms with Gasteiger partial charge in [-0.15, -0.1) is 0 Å². The van der Waals surface area contributed by atoms with Crippen molar-refractivity contribution in [1.82, 2.24) is 14.7 Å². The number of hydrogen-bond donors (Lipinski definition) is 1. The van der Waals surface area contributed by atoms with Crippen molar-refractivity contribution >= 4 is 11.8 Å². The molecule has 0 radical (unpaired) electrons. The summed E-state index contributed by atoms with van der Waals surface area (Å²) in [7, 11) is 1.84. The molecule has 0 aromatic heterocycles. The van der Waals surface area contributed by atoms with Crippen LogP contribution in [0.2, 0.25) is 0 Å². The third kappa shape index (κ3) is 4.95. The lowest BCUT2D eigenvalue weighted by atomic mass is 9.96. The number of hydrogen-bond acceptors (Lipinski definition) is 5. The summed E-state index contributed by atoms with van der Waals surface area (Å²) in [5.74, 6) is 0.941. The predicted octanol–water partition coefficient (Wildman–Crippen LogP) is 1.96. The molecule has 2 amide bonds. The average molecular weight is 464 g/mol. The highest BCUT2D eigenvalue weighted by molar-refractivity contribution is 5.97. The Morgan fingerprint density at radius 1 is 1.09 bits per heavy atom. The summed E-state index contributed by atoms with van der Waals surface area (Å²) in [5.41, 5.74) is 4.29. The molecule has 7 heteroatoms. The van der Waals surface area contributed by atoms with E-state index in [1.165, 1.54) is 11.1 Å². The second-order valence-electron chi connectivity index (χ2n) is 9.89. The van der Waals surface area contributed by atoms with Crippen molar-refractivity contribution in [2.75, 3.05) is 46.4 Å². The van der Waals surface area contributed by atoms with Crippen LogP contribution >= 0.6 is 0 Å². The molecule has 2 aromatic carbocycles. The van der Waals surface area contributed by atoms with Gasteiger partial charge in [0.25, 0.3) is 5.91 Å². The Balaban J connectivity index is 1.22. The van der Waals surface area contributed by atoms with Gasteiger partial charge in [-0.2, -0.15) is 0 Å². The van der Waals surface area contributed by atoms with Crippen LogP contribution in [-0.4, -0.2) is 84.1 Å². The van der Waals surface area contributed by atoms with Crippen molar-refractivity contribution in [2.45, 2.75) is 31.9 Å². The first-order chi connectivity index (χ1) is 16.5. The fourth-order valence-corrected chi connectivity index (χ4v) is 5.46. The van der Waals surface area contributed by atoms with Crippen molar-refractivity contribution in [3.63, 3.8) is 0 Å². The molecule has 34 heavy (non-hydrogen) atoms. The molecule has 0 aliphatic carbocycles. The number of carbonyl (C=O) groups is 2. The van der Waals surface area contributed by atoms with Crippen LogP contribution in [0.4, 0.5) is 0 Å². The zero-order valence-electron chi connectivity index (χ0n) is 19.8. The van der Waals surface area contributed by atoms with Crippen LogP contribution in [0, 0.1) is 5.92 Å². The smallest absolute Gasteiger partial charge is 0.257 e. The first-order valence-corrected chi connectivity index (χ1v) is 12.2. The van der Waals surface area contributed by atoms with Crippen LogP contribution in [0.5, 0.6) is 5.75 Å². The van der Waals surface area contributed by atoms with Gasteiger partial charge in [-0.25, -0.2) is 0 Å². The Bertz CT molecular complexity index is 1070. The maximum atomic E-state index is 13.4. The van der Waals surface area contributed by atoms with E-state index in [-0.39, 0.29) is 24.3 Å². The normalized spacial score (nSPS) is 21.6. The lowest BCUT2D eigenvalue weighted by Crippen LogP contribution is -2.44. The summed E-state index contributed by atoms with van der Waals surface area (Å²) >= 11 is 0. The number of amides is 2. The van der Waals surface area contributed by atoms with Crippen molar-refractivity contribution in [3.05, 3.63) is 64.7 Å². The van der Waals surface area contributed by atoms with Crippen molar-refractivity contribution < 1.29 is 19.4 Å². The average Bonchev–Trinajstić information content (AvgIpc) is 3.06. The third-order valence-corrected chi connectivity index (χ3v) is 7.24. The molecule has 0 saturated carbocycles. The second-order valence-corrected chi connectivity index (χ2v) is 9.89. The minimum absolute atomic E-state index is 0.1000. The van der Waals surface area contributed by atoms with Crippen molar-refractivity contribution in [3.8, 4) is 5.75 Å². The predicted molar refractivity (Wildman–Crippen MR) is 129 cm³/mol. The maximum Gasteiger partial charge on any atom is 0.257 e. The van der Waals surface area contributed by atoms with E-state index >= 15 is 0 Å². The molecule has 3 heterocycles. The van der Waals surface area contributed by atoms with E-state index < -0.39 is 6.10 Å². The molecule has 7 nitrogen and oxygen atoms in total. The molecular formula is C27H33N3O4. The number of ether oxygens (including phenoxy) is 1. The zero-order valence-corrected chi connectivity index (χ0v) is 19.8. The molecule has 180 valence electrons. The maximum absolute atomic E-state index is 13.4. The number of aliphatic hydroxyl groups excluding tert-OH is 1.